The monoisotopic (exact) mass is 329 g/mol. The molecule has 0 radical (unpaired) electrons. The van der Waals surface area contributed by atoms with Crippen LogP contribution < -0.4 is 5.32 Å². The van der Waals surface area contributed by atoms with E-state index in [-0.39, 0.29) is 0 Å². The lowest BCUT2D eigenvalue weighted by atomic mass is 10.1. The van der Waals surface area contributed by atoms with Gasteiger partial charge in [0.05, 0.1) is 17.0 Å². The number of nitrogens with one attached hydrogen (secondary N) is 1. The molecule has 0 unspecified atom stereocenters. The first-order valence-electron chi connectivity index (χ1n) is 7.83. The summed E-state index contributed by atoms with van der Waals surface area (Å²) in [6.07, 6.45) is 1.81. The van der Waals surface area contributed by atoms with Crippen molar-refractivity contribution in [2.75, 3.05) is 18.9 Å². The number of benzene rings is 2. The molecule has 0 saturated carbocycles. The third kappa shape index (κ3) is 5.00. The van der Waals surface area contributed by atoms with Crippen LogP contribution in [0.2, 0.25) is 5.02 Å². The maximum absolute atomic E-state index is 6.36. The van der Waals surface area contributed by atoms with Gasteiger partial charge in [0.25, 0.3) is 0 Å². The fraction of sp³-hybridized carbons (Fsp3) is 0.316. The van der Waals surface area contributed by atoms with Gasteiger partial charge in [0.15, 0.2) is 0 Å². The Balaban J connectivity index is 2.10. The molecule has 3 nitrogen and oxygen atoms in total. The van der Waals surface area contributed by atoms with Crippen LogP contribution in [-0.2, 0) is 6.54 Å². The Labute approximate surface area is 144 Å². The first-order chi connectivity index (χ1) is 11.0. The van der Waals surface area contributed by atoms with Crippen molar-refractivity contribution in [2.45, 2.75) is 27.3 Å². The van der Waals surface area contributed by atoms with Crippen LogP contribution in [0.15, 0.2) is 41.4 Å². The standard InChI is InChI=1S/C19H24ClN3/c1-5-23(4)13-22-19-10-15(3)18(11-17(19)20)21-12-16-8-6-14(2)7-9-16/h6-11,13,21H,5,12H2,1-4H3/b22-13-. The van der Waals surface area contributed by atoms with E-state index in [0.717, 1.165) is 30.0 Å². The highest BCUT2D eigenvalue weighted by molar-refractivity contribution is 6.33. The maximum Gasteiger partial charge on any atom is 0.0910 e. The molecule has 0 spiro atoms. The zero-order chi connectivity index (χ0) is 16.8. The molecular formula is C19H24ClN3. The molecule has 4 heteroatoms. The zero-order valence-corrected chi connectivity index (χ0v) is 15.0. The highest BCUT2D eigenvalue weighted by Gasteiger charge is 2.05. The molecule has 1 N–H and O–H groups in total. The van der Waals surface area contributed by atoms with Crippen molar-refractivity contribution in [3.8, 4) is 0 Å². The molecule has 0 bridgehead atoms. The summed E-state index contributed by atoms with van der Waals surface area (Å²) in [5.74, 6) is 0. The Morgan fingerprint density at radius 1 is 1.17 bits per heavy atom. The second kappa shape index (κ2) is 8.02. The Bertz CT molecular complexity index is 678. The zero-order valence-electron chi connectivity index (χ0n) is 14.2. The molecule has 2 aromatic carbocycles. The molecule has 0 saturated heterocycles. The maximum atomic E-state index is 6.36. The van der Waals surface area contributed by atoms with Gasteiger partial charge in [0.2, 0.25) is 0 Å². The highest BCUT2D eigenvalue weighted by Crippen LogP contribution is 2.31. The summed E-state index contributed by atoms with van der Waals surface area (Å²) in [7, 11) is 1.99. The van der Waals surface area contributed by atoms with Crippen molar-refractivity contribution >= 4 is 29.3 Å². The van der Waals surface area contributed by atoms with Crippen LogP contribution in [0, 0.1) is 13.8 Å². The van der Waals surface area contributed by atoms with Crippen molar-refractivity contribution in [3.05, 3.63) is 58.1 Å². The van der Waals surface area contributed by atoms with Crippen molar-refractivity contribution in [1.82, 2.24) is 4.90 Å². The van der Waals surface area contributed by atoms with Crippen LogP contribution in [0.5, 0.6) is 0 Å². The van der Waals surface area contributed by atoms with Crippen molar-refractivity contribution in [1.29, 1.82) is 0 Å². The Hall–Kier alpha value is -2.00. The number of hydrogen-bond donors (Lipinski definition) is 1. The normalized spacial score (nSPS) is 11.0. The van der Waals surface area contributed by atoms with Gasteiger partial charge in [-0.2, -0.15) is 0 Å². The molecule has 2 rings (SSSR count). The summed E-state index contributed by atoms with van der Waals surface area (Å²) >= 11 is 6.36. The molecule has 122 valence electrons. The quantitative estimate of drug-likeness (QED) is 0.584. The minimum Gasteiger partial charge on any atom is -0.381 e. The average molecular weight is 330 g/mol. The summed E-state index contributed by atoms with van der Waals surface area (Å²) in [4.78, 5) is 6.46. The summed E-state index contributed by atoms with van der Waals surface area (Å²) in [5.41, 5.74) is 5.49. The molecule has 0 fully saturated rings. The van der Waals surface area contributed by atoms with Gasteiger partial charge in [0, 0.05) is 25.8 Å². The molecule has 2 aromatic rings. The second-order valence-electron chi connectivity index (χ2n) is 5.78. The molecule has 0 aliphatic heterocycles. The van der Waals surface area contributed by atoms with Crippen molar-refractivity contribution in [3.63, 3.8) is 0 Å². The van der Waals surface area contributed by atoms with Gasteiger partial charge in [-0.3, -0.25) is 0 Å². The third-order valence-electron chi connectivity index (χ3n) is 3.79. The van der Waals surface area contributed by atoms with E-state index in [0.29, 0.717) is 5.02 Å². The highest BCUT2D eigenvalue weighted by atomic mass is 35.5. The Morgan fingerprint density at radius 3 is 2.52 bits per heavy atom. The molecule has 0 heterocycles. The van der Waals surface area contributed by atoms with E-state index >= 15 is 0 Å². The summed E-state index contributed by atoms with van der Waals surface area (Å²) in [6.45, 7) is 7.93. The molecule has 0 aromatic heterocycles. The number of nitrogens with zero attached hydrogens (tertiary/aromatic N) is 2. The third-order valence-corrected chi connectivity index (χ3v) is 4.09. The van der Waals surface area contributed by atoms with E-state index in [2.05, 4.69) is 55.3 Å². The van der Waals surface area contributed by atoms with E-state index in [1.807, 2.05) is 24.1 Å². The molecule has 23 heavy (non-hydrogen) atoms. The van der Waals surface area contributed by atoms with E-state index in [1.54, 1.807) is 6.34 Å². The van der Waals surface area contributed by atoms with Crippen LogP contribution in [0.4, 0.5) is 11.4 Å². The van der Waals surface area contributed by atoms with E-state index < -0.39 is 0 Å². The average Bonchev–Trinajstić information content (AvgIpc) is 2.55. The van der Waals surface area contributed by atoms with Gasteiger partial charge in [-0.15, -0.1) is 0 Å². The van der Waals surface area contributed by atoms with Crippen molar-refractivity contribution < 1.29 is 0 Å². The number of halogens is 1. The summed E-state index contributed by atoms with van der Waals surface area (Å²) in [5, 5.41) is 4.10. The van der Waals surface area contributed by atoms with Gasteiger partial charge in [-0.1, -0.05) is 41.4 Å². The topological polar surface area (TPSA) is 27.6 Å². The van der Waals surface area contributed by atoms with E-state index in [4.69, 9.17) is 11.6 Å². The van der Waals surface area contributed by atoms with Crippen molar-refractivity contribution in [2.24, 2.45) is 4.99 Å². The predicted molar refractivity (Wildman–Crippen MR) is 101 cm³/mol. The largest absolute Gasteiger partial charge is 0.381 e. The molecule has 0 aliphatic rings. The first-order valence-corrected chi connectivity index (χ1v) is 8.21. The minimum atomic E-state index is 0.655. The van der Waals surface area contributed by atoms with Crippen LogP contribution in [0.25, 0.3) is 0 Å². The summed E-state index contributed by atoms with van der Waals surface area (Å²) < 4.78 is 0. The number of rotatable bonds is 6. The number of hydrogen-bond acceptors (Lipinski definition) is 2. The molecule has 0 amide bonds. The van der Waals surface area contributed by atoms with E-state index in [9.17, 15) is 0 Å². The van der Waals surface area contributed by atoms with E-state index in [1.165, 1.54) is 11.1 Å². The summed E-state index contributed by atoms with van der Waals surface area (Å²) in [6, 6.07) is 12.5. The second-order valence-corrected chi connectivity index (χ2v) is 6.18. The number of anilines is 1. The first kappa shape index (κ1) is 17.4. The minimum absolute atomic E-state index is 0.655. The Morgan fingerprint density at radius 2 is 1.87 bits per heavy atom. The molecule has 0 atom stereocenters. The fourth-order valence-corrected chi connectivity index (χ4v) is 2.31. The van der Waals surface area contributed by atoms with Crippen LogP contribution in [0.3, 0.4) is 0 Å². The van der Waals surface area contributed by atoms with Crippen LogP contribution in [0.1, 0.15) is 23.6 Å². The van der Waals surface area contributed by atoms with Gasteiger partial charge in [-0.05, 0) is 44.0 Å². The fourth-order valence-electron chi connectivity index (χ4n) is 2.10. The predicted octanol–water partition coefficient (Wildman–Crippen LogP) is 5.18. The van der Waals surface area contributed by atoms with Gasteiger partial charge in [0.1, 0.15) is 0 Å². The Kier molecular flexibility index (Phi) is 6.05. The lowest BCUT2D eigenvalue weighted by Crippen LogP contribution is -2.14. The van der Waals surface area contributed by atoms with Gasteiger partial charge < -0.3 is 10.2 Å². The lowest BCUT2D eigenvalue weighted by Gasteiger charge is -2.13. The number of aryl methyl sites for hydroxylation is 2. The SMILES string of the molecule is CCN(C)/C=N\c1cc(C)c(NCc2ccc(C)cc2)cc1Cl. The lowest BCUT2D eigenvalue weighted by molar-refractivity contribution is 0.552. The van der Waals surface area contributed by atoms with Gasteiger partial charge >= 0.3 is 0 Å². The smallest absolute Gasteiger partial charge is 0.0910 e. The molecule has 0 aliphatic carbocycles. The van der Waals surface area contributed by atoms with Crippen LogP contribution in [-0.4, -0.2) is 24.8 Å². The van der Waals surface area contributed by atoms with Crippen LogP contribution >= 0.6 is 11.6 Å². The number of aliphatic imine (C=N–C) groups is 1. The molecular weight excluding hydrogens is 306 g/mol. The van der Waals surface area contributed by atoms with Gasteiger partial charge in [-0.25, -0.2) is 4.99 Å².